The van der Waals surface area contributed by atoms with Gasteiger partial charge in [0, 0.05) is 21.3 Å². The molecule has 0 unspecified atom stereocenters. The number of carbonyl (C=O) groups is 2. The highest BCUT2D eigenvalue weighted by Crippen LogP contribution is 2.39. The Kier molecular flexibility index (Phi) is 5.00. The van der Waals surface area contributed by atoms with E-state index in [4.69, 9.17) is 9.47 Å². The first-order valence-corrected chi connectivity index (χ1v) is 8.59. The predicted molar refractivity (Wildman–Crippen MR) is 98.7 cm³/mol. The molecule has 0 aliphatic rings. The molecule has 3 rings (SSSR count). The number of ether oxygens (including phenoxy) is 2. The Morgan fingerprint density at radius 3 is 2.56 bits per heavy atom. The van der Waals surface area contributed by atoms with Crippen molar-refractivity contribution in [2.75, 3.05) is 19.0 Å². The van der Waals surface area contributed by atoms with Gasteiger partial charge in [-0.05, 0) is 37.3 Å². The first-order chi connectivity index (χ1) is 12.1. The number of carbonyl (C=O) groups excluding carboxylic acids is 2. The van der Waals surface area contributed by atoms with E-state index in [2.05, 4.69) is 5.32 Å². The van der Waals surface area contributed by atoms with Gasteiger partial charge in [-0.25, -0.2) is 4.79 Å². The van der Waals surface area contributed by atoms with Gasteiger partial charge in [0.1, 0.15) is 0 Å². The van der Waals surface area contributed by atoms with Crippen LogP contribution in [0.4, 0.5) is 5.69 Å². The van der Waals surface area contributed by atoms with Gasteiger partial charge < -0.3 is 14.8 Å². The average Bonchev–Trinajstić information content (AvgIpc) is 3.00. The molecule has 25 heavy (non-hydrogen) atoms. The van der Waals surface area contributed by atoms with Crippen molar-refractivity contribution in [2.45, 2.75) is 6.92 Å². The molecule has 3 aromatic rings. The molecule has 128 valence electrons. The topological polar surface area (TPSA) is 64.6 Å². The smallest absolute Gasteiger partial charge is 0.351 e. The summed E-state index contributed by atoms with van der Waals surface area (Å²) in [4.78, 5) is 24.7. The summed E-state index contributed by atoms with van der Waals surface area (Å²) < 4.78 is 11.4. The average molecular weight is 355 g/mol. The number of hydrogen-bond donors (Lipinski definition) is 1. The van der Waals surface area contributed by atoms with E-state index in [1.807, 2.05) is 37.3 Å². The van der Waals surface area contributed by atoms with Crippen LogP contribution in [0.25, 0.3) is 10.1 Å². The van der Waals surface area contributed by atoms with E-state index >= 15 is 0 Å². The van der Waals surface area contributed by atoms with E-state index in [1.54, 1.807) is 18.2 Å². The number of fused-ring (bicyclic) bond motifs is 1. The zero-order valence-corrected chi connectivity index (χ0v) is 14.7. The summed E-state index contributed by atoms with van der Waals surface area (Å²) in [6.07, 6.45) is 0. The largest absolute Gasteiger partial charge is 0.491 e. The van der Waals surface area contributed by atoms with E-state index in [1.165, 1.54) is 18.4 Å². The van der Waals surface area contributed by atoms with Crippen molar-refractivity contribution in [3.05, 3.63) is 59.0 Å². The van der Waals surface area contributed by atoms with Gasteiger partial charge in [0.15, 0.2) is 10.6 Å². The van der Waals surface area contributed by atoms with Crippen LogP contribution in [0.2, 0.25) is 0 Å². The Bertz CT molecular complexity index is 918. The standard InChI is InChI=1S/C19H17NO4S/c1-3-24-16-14-11-13(20-18(21)12-7-5-4-6-8-12)9-10-15(14)25-17(16)19(22)23-2/h4-11H,3H2,1-2H3,(H,20,21). The molecule has 0 bridgehead atoms. The number of thiophene rings is 1. The number of hydrogen-bond acceptors (Lipinski definition) is 5. The maximum absolute atomic E-state index is 12.3. The van der Waals surface area contributed by atoms with Crippen molar-refractivity contribution < 1.29 is 19.1 Å². The molecule has 0 saturated heterocycles. The first kappa shape index (κ1) is 17.0. The number of amides is 1. The minimum Gasteiger partial charge on any atom is -0.491 e. The fraction of sp³-hybridized carbons (Fsp3) is 0.158. The third kappa shape index (κ3) is 3.49. The van der Waals surface area contributed by atoms with Gasteiger partial charge in [-0.15, -0.1) is 11.3 Å². The van der Waals surface area contributed by atoms with E-state index in [-0.39, 0.29) is 5.91 Å². The molecule has 0 saturated carbocycles. The third-order valence-electron chi connectivity index (χ3n) is 3.60. The quantitative estimate of drug-likeness (QED) is 0.692. The highest BCUT2D eigenvalue weighted by Gasteiger charge is 2.21. The molecule has 5 nitrogen and oxygen atoms in total. The molecule has 2 aromatic carbocycles. The Balaban J connectivity index is 1.97. The van der Waals surface area contributed by atoms with Crippen molar-refractivity contribution in [2.24, 2.45) is 0 Å². The van der Waals surface area contributed by atoms with Gasteiger partial charge in [-0.3, -0.25) is 4.79 Å². The fourth-order valence-electron chi connectivity index (χ4n) is 2.46. The zero-order valence-electron chi connectivity index (χ0n) is 13.9. The SMILES string of the molecule is CCOc1c(C(=O)OC)sc2ccc(NC(=O)c3ccccc3)cc12. The van der Waals surface area contributed by atoms with Gasteiger partial charge in [0.2, 0.25) is 0 Å². The van der Waals surface area contributed by atoms with Crippen molar-refractivity contribution in [1.29, 1.82) is 0 Å². The number of methoxy groups -OCH3 is 1. The second kappa shape index (κ2) is 7.36. The van der Waals surface area contributed by atoms with Crippen LogP contribution >= 0.6 is 11.3 Å². The van der Waals surface area contributed by atoms with Crippen LogP contribution in [0.3, 0.4) is 0 Å². The molecule has 1 N–H and O–H groups in total. The molecule has 0 fully saturated rings. The molecular weight excluding hydrogens is 338 g/mol. The minimum absolute atomic E-state index is 0.193. The fourth-order valence-corrected chi connectivity index (χ4v) is 3.51. The minimum atomic E-state index is -0.431. The van der Waals surface area contributed by atoms with Crippen LogP contribution in [0.5, 0.6) is 5.75 Å². The number of rotatable bonds is 5. The van der Waals surface area contributed by atoms with Crippen LogP contribution in [0.1, 0.15) is 27.0 Å². The number of benzene rings is 2. The van der Waals surface area contributed by atoms with Crippen LogP contribution in [-0.4, -0.2) is 25.6 Å². The van der Waals surface area contributed by atoms with E-state index in [0.717, 1.165) is 10.1 Å². The highest BCUT2D eigenvalue weighted by atomic mass is 32.1. The second-order valence-electron chi connectivity index (χ2n) is 5.22. The van der Waals surface area contributed by atoms with Crippen molar-refractivity contribution in [3.63, 3.8) is 0 Å². The van der Waals surface area contributed by atoms with Crippen LogP contribution < -0.4 is 10.1 Å². The van der Waals surface area contributed by atoms with Crippen molar-refractivity contribution >= 4 is 39.0 Å². The van der Waals surface area contributed by atoms with Gasteiger partial charge in [0.05, 0.1) is 13.7 Å². The molecular formula is C19H17NO4S. The lowest BCUT2D eigenvalue weighted by Crippen LogP contribution is -2.11. The summed E-state index contributed by atoms with van der Waals surface area (Å²) in [5.74, 6) is -0.133. The number of anilines is 1. The molecule has 0 atom stereocenters. The lowest BCUT2D eigenvalue weighted by molar-refractivity contribution is 0.0602. The molecule has 0 radical (unpaired) electrons. The van der Waals surface area contributed by atoms with Gasteiger partial charge >= 0.3 is 5.97 Å². The maximum Gasteiger partial charge on any atom is 0.351 e. The summed E-state index contributed by atoms with van der Waals surface area (Å²) in [6.45, 7) is 2.28. The van der Waals surface area contributed by atoms with E-state index in [0.29, 0.717) is 28.5 Å². The second-order valence-corrected chi connectivity index (χ2v) is 6.27. The van der Waals surface area contributed by atoms with Gasteiger partial charge in [-0.1, -0.05) is 18.2 Å². The van der Waals surface area contributed by atoms with Crippen molar-refractivity contribution in [1.82, 2.24) is 0 Å². The Morgan fingerprint density at radius 1 is 1.12 bits per heavy atom. The Morgan fingerprint density at radius 2 is 1.88 bits per heavy atom. The molecule has 1 aromatic heterocycles. The summed E-state index contributed by atoms with van der Waals surface area (Å²) >= 11 is 1.31. The third-order valence-corrected chi connectivity index (χ3v) is 4.73. The van der Waals surface area contributed by atoms with Gasteiger partial charge in [0.25, 0.3) is 5.91 Å². The van der Waals surface area contributed by atoms with E-state index in [9.17, 15) is 9.59 Å². The molecule has 6 heteroatoms. The first-order valence-electron chi connectivity index (χ1n) is 7.78. The lowest BCUT2D eigenvalue weighted by Gasteiger charge is -2.07. The van der Waals surface area contributed by atoms with Crippen molar-refractivity contribution in [3.8, 4) is 5.75 Å². The lowest BCUT2D eigenvalue weighted by atomic mass is 10.2. The summed E-state index contributed by atoms with van der Waals surface area (Å²) in [7, 11) is 1.34. The zero-order chi connectivity index (χ0) is 17.8. The molecule has 0 spiro atoms. The normalized spacial score (nSPS) is 10.5. The number of nitrogens with one attached hydrogen (secondary N) is 1. The Hall–Kier alpha value is -2.86. The molecule has 1 amide bonds. The monoisotopic (exact) mass is 355 g/mol. The molecule has 0 aliphatic heterocycles. The summed E-state index contributed by atoms with van der Waals surface area (Å²) in [6, 6.07) is 14.4. The number of esters is 1. The Labute approximate surface area is 149 Å². The van der Waals surface area contributed by atoms with Gasteiger partial charge in [-0.2, -0.15) is 0 Å². The molecule has 1 heterocycles. The van der Waals surface area contributed by atoms with E-state index < -0.39 is 5.97 Å². The van der Waals surface area contributed by atoms with Crippen LogP contribution in [0.15, 0.2) is 48.5 Å². The summed E-state index contributed by atoms with van der Waals surface area (Å²) in [5.41, 5.74) is 1.21. The maximum atomic E-state index is 12.3. The highest BCUT2D eigenvalue weighted by molar-refractivity contribution is 7.21. The van der Waals surface area contributed by atoms with Crippen LogP contribution in [-0.2, 0) is 4.74 Å². The van der Waals surface area contributed by atoms with Crippen LogP contribution in [0, 0.1) is 0 Å². The summed E-state index contributed by atoms with van der Waals surface area (Å²) in [5, 5.41) is 3.64. The molecule has 0 aliphatic carbocycles. The predicted octanol–water partition coefficient (Wildman–Crippen LogP) is 4.34.